The summed E-state index contributed by atoms with van der Waals surface area (Å²) in [6.45, 7) is 0.208. The lowest BCUT2D eigenvalue weighted by molar-refractivity contribution is 0.581. The first-order chi connectivity index (χ1) is 9.88. The Hall–Kier alpha value is -1.63. The van der Waals surface area contributed by atoms with Crippen molar-refractivity contribution in [3.63, 3.8) is 0 Å². The Labute approximate surface area is 127 Å². The van der Waals surface area contributed by atoms with Crippen molar-refractivity contribution in [2.24, 2.45) is 0 Å². The van der Waals surface area contributed by atoms with E-state index in [0.29, 0.717) is 12.1 Å². The molecule has 0 bridgehead atoms. The quantitative estimate of drug-likeness (QED) is 0.829. The monoisotopic (exact) mass is 328 g/mol. The molecule has 2 aromatic rings. The van der Waals surface area contributed by atoms with Crippen molar-refractivity contribution in [2.75, 3.05) is 12.3 Å². The number of anilines is 1. The number of benzene rings is 2. The Morgan fingerprint density at radius 2 is 1.81 bits per heavy atom. The van der Waals surface area contributed by atoms with E-state index in [1.54, 1.807) is 12.1 Å². The van der Waals surface area contributed by atoms with Gasteiger partial charge in [0.15, 0.2) is 0 Å². The predicted octanol–water partition coefficient (Wildman–Crippen LogP) is 2.58. The van der Waals surface area contributed by atoms with Crippen LogP contribution in [0.25, 0.3) is 0 Å². The molecule has 0 amide bonds. The maximum absolute atomic E-state index is 12.9. The van der Waals surface area contributed by atoms with Crippen molar-refractivity contribution in [1.82, 2.24) is 4.72 Å². The smallest absolute Gasteiger partial charge is 0.242 e. The number of sulfonamides is 1. The summed E-state index contributed by atoms with van der Waals surface area (Å²) in [5.41, 5.74) is 7.18. The van der Waals surface area contributed by atoms with Gasteiger partial charge in [0.2, 0.25) is 10.0 Å². The largest absolute Gasteiger partial charge is 0.399 e. The van der Waals surface area contributed by atoms with Crippen LogP contribution in [0.2, 0.25) is 5.02 Å². The van der Waals surface area contributed by atoms with E-state index in [0.717, 1.165) is 23.8 Å². The fourth-order valence-electron chi connectivity index (χ4n) is 1.78. The summed E-state index contributed by atoms with van der Waals surface area (Å²) in [7, 11) is -3.76. The second kappa shape index (κ2) is 6.43. The van der Waals surface area contributed by atoms with E-state index in [4.69, 9.17) is 17.3 Å². The van der Waals surface area contributed by atoms with Crippen LogP contribution in [0.4, 0.5) is 10.1 Å². The van der Waals surface area contributed by atoms with Gasteiger partial charge in [-0.2, -0.15) is 0 Å². The van der Waals surface area contributed by atoms with Gasteiger partial charge in [0.25, 0.3) is 0 Å². The fraction of sp³-hybridized carbons (Fsp3) is 0.143. The molecule has 0 atom stereocenters. The Bertz CT molecular complexity index is 733. The second-order valence-electron chi connectivity index (χ2n) is 4.46. The maximum Gasteiger partial charge on any atom is 0.242 e. The van der Waals surface area contributed by atoms with Crippen LogP contribution in [0.3, 0.4) is 0 Å². The molecule has 2 aromatic carbocycles. The highest BCUT2D eigenvalue weighted by molar-refractivity contribution is 7.89. The summed E-state index contributed by atoms with van der Waals surface area (Å²) in [5.74, 6) is -0.583. The summed E-state index contributed by atoms with van der Waals surface area (Å²) in [6.07, 6.45) is 0.512. The zero-order valence-corrected chi connectivity index (χ0v) is 12.6. The number of hydrogen-bond donors (Lipinski definition) is 2. The SMILES string of the molecule is Nc1ccc(CCNS(=O)(=O)c2ccc(F)cc2Cl)cc1. The lowest BCUT2D eigenvalue weighted by Gasteiger charge is -2.08. The third kappa shape index (κ3) is 4.17. The average molecular weight is 329 g/mol. The molecule has 2 rings (SSSR count). The Kier molecular flexibility index (Phi) is 4.82. The third-order valence-corrected chi connectivity index (χ3v) is 4.81. The number of nitrogens with two attached hydrogens (primary N) is 1. The normalized spacial score (nSPS) is 11.5. The Balaban J connectivity index is 2.03. The van der Waals surface area contributed by atoms with Gasteiger partial charge in [-0.15, -0.1) is 0 Å². The maximum atomic E-state index is 12.9. The van der Waals surface area contributed by atoms with Crippen LogP contribution in [-0.4, -0.2) is 15.0 Å². The molecule has 3 N–H and O–H groups in total. The van der Waals surface area contributed by atoms with Crippen molar-refractivity contribution in [3.8, 4) is 0 Å². The van der Waals surface area contributed by atoms with Crippen LogP contribution in [-0.2, 0) is 16.4 Å². The lowest BCUT2D eigenvalue weighted by atomic mass is 10.1. The highest BCUT2D eigenvalue weighted by atomic mass is 35.5. The summed E-state index contributed by atoms with van der Waals surface area (Å²) in [4.78, 5) is -0.136. The van der Waals surface area contributed by atoms with E-state index in [1.807, 2.05) is 12.1 Å². The van der Waals surface area contributed by atoms with Crippen LogP contribution < -0.4 is 10.5 Å². The first-order valence-electron chi connectivity index (χ1n) is 6.17. The highest BCUT2D eigenvalue weighted by Gasteiger charge is 2.17. The standard InChI is InChI=1S/C14H14ClFN2O2S/c15-13-9-11(16)3-6-14(13)21(19,20)18-8-7-10-1-4-12(17)5-2-10/h1-6,9,18H,7-8,17H2. The summed E-state index contributed by atoms with van der Waals surface area (Å²) >= 11 is 5.75. The molecule has 4 nitrogen and oxygen atoms in total. The van der Waals surface area contributed by atoms with Gasteiger partial charge in [-0.3, -0.25) is 0 Å². The topological polar surface area (TPSA) is 72.2 Å². The van der Waals surface area contributed by atoms with Crippen molar-refractivity contribution in [3.05, 3.63) is 58.9 Å². The molecule has 0 radical (unpaired) electrons. The van der Waals surface area contributed by atoms with Gasteiger partial charge in [-0.1, -0.05) is 23.7 Å². The molecule has 0 aliphatic heterocycles. The van der Waals surface area contributed by atoms with E-state index in [-0.39, 0.29) is 16.5 Å². The van der Waals surface area contributed by atoms with E-state index in [2.05, 4.69) is 4.72 Å². The third-order valence-electron chi connectivity index (χ3n) is 2.87. The van der Waals surface area contributed by atoms with Gasteiger partial charge in [0.05, 0.1) is 5.02 Å². The van der Waals surface area contributed by atoms with Crippen molar-refractivity contribution >= 4 is 27.3 Å². The molecule has 0 heterocycles. The number of hydrogen-bond acceptors (Lipinski definition) is 3. The zero-order valence-electron chi connectivity index (χ0n) is 11.0. The average Bonchev–Trinajstić information content (AvgIpc) is 2.40. The second-order valence-corrected chi connectivity index (χ2v) is 6.61. The minimum Gasteiger partial charge on any atom is -0.399 e. The number of halogens is 2. The van der Waals surface area contributed by atoms with Crippen LogP contribution >= 0.6 is 11.6 Å². The van der Waals surface area contributed by atoms with Crippen LogP contribution in [0.1, 0.15) is 5.56 Å². The summed E-state index contributed by atoms with van der Waals surface area (Å²) in [6, 6.07) is 10.3. The fourth-order valence-corrected chi connectivity index (χ4v) is 3.35. The molecule has 21 heavy (non-hydrogen) atoms. The van der Waals surface area contributed by atoms with Gasteiger partial charge in [0, 0.05) is 12.2 Å². The van der Waals surface area contributed by atoms with Gasteiger partial charge >= 0.3 is 0 Å². The molecular formula is C14H14ClFN2O2S. The molecule has 0 unspecified atom stereocenters. The first kappa shape index (κ1) is 15.8. The minimum atomic E-state index is -3.76. The Morgan fingerprint density at radius 1 is 1.14 bits per heavy atom. The van der Waals surface area contributed by atoms with E-state index >= 15 is 0 Å². The molecule has 0 spiro atoms. The molecule has 0 aromatic heterocycles. The molecule has 0 aliphatic rings. The van der Waals surface area contributed by atoms with E-state index < -0.39 is 15.8 Å². The van der Waals surface area contributed by atoms with Crippen molar-refractivity contribution in [1.29, 1.82) is 0 Å². The van der Waals surface area contributed by atoms with E-state index in [9.17, 15) is 12.8 Å². The molecule has 7 heteroatoms. The van der Waals surface area contributed by atoms with Crippen molar-refractivity contribution in [2.45, 2.75) is 11.3 Å². The first-order valence-corrected chi connectivity index (χ1v) is 8.04. The summed E-state index contributed by atoms with van der Waals surface area (Å²) < 4.78 is 39.5. The van der Waals surface area contributed by atoms with Gasteiger partial charge in [-0.25, -0.2) is 17.5 Å². The minimum absolute atomic E-state index is 0.136. The summed E-state index contributed by atoms with van der Waals surface area (Å²) in [5, 5.41) is -0.144. The predicted molar refractivity (Wildman–Crippen MR) is 81.2 cm³/mol. The van der Waals surface area contributed by atoms with Crippen LogP contribution in [0.5, 0.6) is 0 Å². The molecule has 112 valence electrons. The highest BCUT2D eigenvalue weighted by Crippen LogP contribution is 2.21. The molecule has 0 saturated heterocycles. The molecule has 0 saturated carbocycles. The van der Waals surface area contributed by atoms with Gasteiger partial charge in [0.1, 0.15) is 10.7 Å². The molecular weight excluding hydrogens is 315 g/mol. The Morgan fingerprint density at radius 3 is 2.43 bits per heavy atom. The van der Waals surface area contributed by atoms with E-state index in [1.165, 1.54) is 0 Å². The van der Waals surface area contributed by atoms with Gasteiger partial charge < -0.3 is 5.73 Å². The van der Waals surface area contributed by atoms with Crippen LogP contribution in [0.15, 0.2) is 47.4 Å². The van der Waals surface area contributed by atoms with Crippen LogP contribution in [0, 0.1) is 5.82 Å². The number of rotatable bonds is 5. The number of nitrogen functional groups attached to an aromatic ring is 1. The molecule has 0 aliphatic carbocycles. The molecule has 0 fully saturated rings. The van der Waals surface area contributed by atoms with Crippen molar-refractivity contribution < 1.29 is 12.8 Å². The number of nitrogens with one attached hydrogen (secondary N) is 1. The zero-order chi connectivity index (χ0) is 15.5. The lowest BCUT2D eigenvalue weighted by Crippen LogP contribution is -2.26. The van der Waals surface area contributed by atoms with Gasteiger partial charge in [-0.05, 0) is 42.3 Å².